The van der Waals surface area contributed by atoms with Crippen molar-refractivity contribution in [2.24, 2.45) is 0 Å². The third-order valence-corrected chi connectivity index (χ3v) is 7.73. The minimum atomic E-state index is -0.649. The Bertz CT molecular complexity index is 551. The van der Waals surface area contributed by atoms with Crippen LogP contribution in [0.25, 0.3) is 0 Å². The van der Waals surface area contributed by atoms with Gasteiger partial charge in [0.1, 0.15) is 12.5 Å². The summed E-state index contributed by atoms with van der Waals surface area (Å²) in [7, 11) is 0. The Morgan fingerprint density at radius 2 is 0.811 bits per heavy atom. The molecule has 0 fully saturated rings. The normalized spacial score (nSPS) is 13.1. The smallest absolute Gasteiger partial charge is 0.129 e. The van der Waals surface area contributed by atoms with E-state index in [0.29, 0.717) is 12.8 Å². The molecule has 0 amide bonds. The highest BCUT2D eigenvalue weighted by molar-refractivity contribution is 5.45. The number of aromatic nitrogens is 1. The lowest BCUT2D eigenvalue weighted by molar-refractivity contribution is 0.0713. The molecule has 0 aliphatic carbocycles. The molecule has 0 aromatic carbocycles. The molecule has 0 saturated heterocycles. The number of hydrogen-bond donors (Lipinski definition) is 2. The SMILES string of the molecule is CCCCCCCCCCCCCC(O)N(c1ccncc1)C(O)CCCCCCCCCCCCC. The predicted octanol–water partition coefficient (Wildman–Crippen LogP) is 9.93. The number of hydrogen-bond acceptors (Lipinski definition) is 4. The average Bonchev–Trinajstić information content (AvgIpc) is 2.91. The quantitative estimate of drug-likeness (QED) is 0.0898. The molecule has 216 valence electrons. The van der Waals surface area contributed by atoms with Gasteiger partial charge in [0.2, 0.25) is 0 Å². The molecule has 1 rings (SSSR count). The second kappa shape index (κ2) is 25.2. The molecule has 37 heavy (non-hydrogen) atoms. The van der Waals surface area contributed by atoms with E-state index in [2.05, 4.69) is 18.8 Å². The number of aliphatic hydroxyl groups is 2. The number of pyridine rings is 1. The van der Waals surface area contributed by atoms with E-state index >= 15 is 0 Å². The molecule has 1 heterocycles. The predicted molar refractivity (Wildman–Crippen MR) is 161 cm³/mol. The topological polar surface area (TPSA) is 56.6 Å². The van der Waals surface area contributed by atoms with Crippen LogP contribution in [0.1, 0.15) is 168 Å². The maximum Gasteiger partial charge on any atom is 0.129 e. The summed E-state index contributed by atoms with van der Waals surface area (Å²) >= 11 is 0. The maximum absolute atomic E-state index is 11.0. The zero-order chi connectivity index (χ0) is 26.8. The Morgan fingerprint density at radius 3 is 1.14 bits per heavy atom. The van der Waals surface area contributed by atoms with Crippen LogP contribution in [-0.4, -0.2) is 27.7 Å². The van der Waals surface area contributed by atoms with E-state index in [1.54, 1.807) is 12.4 Å². The fraction of sp³-hybridized carbons (Fsp3) is 0.848. The zero-order valence-corrected chi connectivity index (χ0v) is 24.7. The summed E-state index contributed by atoms with van der Waals surface area (Å²) in [4.78, 5) is 5.93. The molecular formula is C33H62N2O2. The van der Waals surface area contributed by atoms with Crippen molar-refractivity contribution in [1.82, 2.24) is 4.98 Å². The van der Waals surface area contributed by atoms with Gasteiger partial charge in [0.05, 0.1) is 0 Å². The van der Waals surface area contributed by atoms with Gasteiger partial charge < -0.3 is 15.1 Å². The van der Waals surface area contributed by atoms with Gasteiger partial charge in [-0.05, 0) is 37.8 Å². The third-order valence-electron chi connectivity index (χ3n) is 7.73. The van der Waals surface area contributed by atoms with Crippen molar-refractivity contribution in [1.29, 1.82) is 0 Å². The summed E-state index contributed by atoms with van der Waals surface area (Å²) < 4.78 is 0. The summed E-state index contributed by atoms with van der Waals surface area (Å²) in [5.41, 5.74) is 0.862. The van der Waals surface area contributed by atoms with E-state index in [9.17, 15) is 10.2 Å². The van der Waals surface area contributed by atoms with Gasteiger partial charge in [0, 0.05) is 18.1 Å². The van der Waals surface area contributed by atoms with Crippen molar-refractivity contribution in [3.8, 4) is 0 Å². The minimum absolute atomic E-state index is 0.649. The number of nitrogens with zero attached hydrogens (tertiary/aromatic N) is 2. The lowest BCUT2D eigenvalue weighted by atomic mass is 10.0. The Morgan fingerprint density at radius 1 is 0.514 bits per heavy atom. The molecule has 2 N–H and O–H groups in total. The first kappa shape index (κ1) is 33.9. The second-order valence-corrected chi connectivity index (χ2v) is 11.2. The van der Waals surface area contributed by atoms with Gasteiger partial charge in [-0.1, -0.05) is 142 Å². The molecule has 0 radical (unpaired) electrons. The fourth-order valence-corrected chi connectivity index (χ4v) is 5.32. The number of anilines is 1. The van der Waals surface area contributed by atoms with Crippen molar-refractivity contribution >= 4 is 5.69 Å². The lowest BCUT2D eigenvalue weighted by Crippen LogP contribution is -2.43. The van der Waals surface area contributed by atoms with E-state index in [1.807, 2.05) is 17.0 Å². The van der Waals surface area contributed by atoms with Gasteiger partial charge >= 0.3 is 0 Å². The molecule has 0 saturated carbocycles. The van der Waals surface area contributed by atoms with E-state index in [4.69, 9.17) is 0 Å². The molecule has 4 heteroatoms. The maximum atomic E-state index is 11.0. The number of unbranched alkanes of at least 4 members (excludes halogenated alkanes) is 20. The second-order valence-electron chi connectivity index (χ2n) is 11.2. The summed E-state index contributed by atoms with van der Waals surface area (Å²) in [6.07, 6.45) is 32.2. The first-order valence-electron chi connectivity index (χ1n) is 16.2. The van der Waals surface area contributed by atoms with Crippen molar-refractivity contribution in [2.45, 2.75) is 180 Å². The standard InChI is InChI=1S/C33H62N2O2/c1-3-5-7-9-11-13-15-17-19-21-23-25-32(36)35(31-27-29-34-30-28-31)33(37)26-24-22-20-18-16-14-12-10-8-6-4-2/h27-30,32-33,36-37H,3-26H2,1-2H3. The average molecular weight is 519 g/mol. The van der Waals surface area contributed by atoms with Crippen molar-refractivity contribution < 1.29 is 10.2 Å². The molecule has 4 nitrogen and oxygen atoms in total. The summed E-state index contributed by atoms with van der Waals surface area (Å²) in [5, 5.41) is 22.0. The first-order valence-corrected chi connectivity index (χ1v) is 16.2. The zero-order valence-electron chi connectivity index (χ0n) is 24.7. The molecule has 2 atom stereocenters. The molecule has 0 spiro atoms. The Hall–Kier alpha value is -1.13. The van der Waals surface area contributed by atoms with Crippen LogP contribution in [0.2, 0.25) is 0 Å². The van der Waals surface area contributed by atoms with Gasteiger partial charge in [0.15, 0.2) is 0 Å². The first-order chi connectivity index (χ1) is 18.2. The van der Waals surface area contributed by atoms with Crippen molar-refractivity contribution in [3.05, 3.63) is 24.5 Å². The van der Waals surface area contributed by atoms with E-state index in [-0.39, 0.29) is 0 Å². The Kier molecular flexibility index (Phi) is 23.1. The molecule has 0 aliphatic heterocycles. The monoisotopic (exact) mass is 518 g/mol. The van der Waals surface area contributed by atoms with E-state index < -0.39 is 12.5 Å². The van der Waals surface area contributed by atoms with Crippen LogP contribution in [0, 0.1) is 0 Å². The number of aliphatic hydroxyl groups excluding tert-OH is 2. The molecule has 1 aromatic heterocycles. The summed E-state index contributed by atoms with van der Waals surface area (Å²) in [6, 6.07) is 3.79. The molecule has 1 aromatic rings. The molecule has 2 unspecified atom stereocenters. The van der Waals surface area contributed by atoms with Crippen LogP contribution < -0.4 is 4.90 Å². The summed E-state index contributed by atoms with van der Waals surface area (Å²) in [6.45, 7) is 4.54. The van der Waals surface area contributed by atoms with Gasteiger partial charge in [-0.2, -0.15) is 0 Å². The Labute approximate surface area is 230 Å². The molecule has 0 aliphatic rings. The van der Waals surface area contributed by atoms with Crippen LogP contribution in [0.15, 0.2) is 24.5 Å². The fourth-order valence-electron chi connectivity index (χ4n) is 5.32. The third kappa shape index (κ3) is 18.7. The van der Waals surface area contributed by atoms with Crippen LogP contribution >= 0.6 is 0 Å². The van der Waals surface area contributed by atoms with Gasteiger partial charge in [-0.15, -0.1) is 0 Å². The highest BCUT2D eigenvalue weighted by Gasteiger charge is 2.23. The van der Waals surface area contributed by atoms with Gasteiger partial charge in [-0.25, -0.2) is 0 Å². The highest BCUT2D eigenvalue weighted by atomic mass is 16.3. The lowest BCUT2D eigenvalue weighted by Gasteiger charge is -2.34. The van der Waals surface area contributed by atoms with Gasteiger partial charge in [-0.3, -0.25) is 4.98 Å². The molecule has 0 bridgehead atoms. The van der Waals surface area contributed by atoms with Crippen LogP contribution in [0.4, 0.5) is 5.69 Å². The van der Waals surface area contributed by atoms with Crippen LogP contribution in [0.3, 0.4) is 0 Å². The minimum Gasteiger partial charge on any atom is -0.374 e. The number of rotatable bonds is 27. The van der Waals surface area contributed by atoms with E-state index in [0.717, 1.165) is 31.4 Å². The van der Waals surface area contributed by atoms with Crippen molar-refractivity contribution in [2.75, 3.05) is 4.90 Å². The molecular weight excluding hydrogens is 456 g/mol. The van der Waals surface area contributed by atoms with Crippen LogP contribution in [-0.2, 0) is 0 Å². The largest absolute Gasteiger partial charge is 0.374 e. The highest BCUT2D eigenvalue weighted by Crippen LogP contribution is 2.23. The van der Waals surface area contributed by atoms with E-state index in [1.165, 1.54) is 116 Å². The van der Waals surface area contributed by atoms with Crippen molar-refractivity contribution in [3.63, 3.8) is 0 Å². The van der Waals surface area contributed by atoms with Crippen LogP contribution in [0.5, 0.6) is 0 Å². The summed E-state index contributed by atoms with van der Waals surface area (Å²) in [5.74, 6) is 0. The van der Waals surface area contributed by atoms with Gasteiger partial charge in [0.25, 0.3) is 0 Å². The Balaban J connectivity index is 2.22.